The predicted octanol–water partition coefficient (Wildman–Crippen LogP) is 4.66. The highest BCUT2D eigenvalue weighted by Crippen LogP contribution is 2.25. The third-order valence-corrected chi connectivity index (χ3v) is 4.11. The summed E-state index contributed by atoms with van der Waals surface area (Å²) in [5.74, 6) is 0.629. The SMILES string of the molecule is Cn1cc(C(=O)/C=C/c2cc(Br)ccc2OCc2ccccc2)cn1. The Morgan fingerprint density at radius 1 is 1.24 bits per heavy atom. The highest BCUT2D eigenvalue weighted by molar-refractivity contribution is 9.10. The summed E-state index contributed by atoms with van der Waals surface area (Å²) in [7, 11) is 1.78. The van der Waals surface area contributed by atoms with Crippen molar-refractivity contribution >= 4 is 27.8 Å². The molecule has 25 heavy (non-hydrogen) atoms. The van der Waals surface area contributed by atoms with Crippen molar-refractivity contribution in [3.8, 4) is 5.75 Å². The number of carbonyl (C=O) groups excluding carboxylic acids is 1. The monoisotopic (exact) mass is 396 g/mol. The number of aromatic nitrogens is 2. The summed E-state index contributed by atoms with van der Waals surface area (Å²) in [6, 6.07) is 15.7. The van der Waals surface area contributed by atoms with Gasteiger partial charge in [-0.15, -0.1) is 0 Å². The van der Waals surface area contributed by atoms with Gasteiger partial charge < -0.3 is 4.74 Å². The third kappa shape index (κ3) is 4.67. The van der Waals surface area contributed by atoms with E-state index in [4.69, 9.17) is 4.74 Å². The number of aryl methyl sites for hydroxylation is 1. The summed E-state index contributed by atoms with van der Waals surface area (Å²) >= 11 is 3.46. The van der Waals surface area contributed by atoms with Crippen LogP contribution in [0.1, 0.15) is 21.5 Å². The van der Waals surface area contributed by atoms with Crippen molar-refractivity contribution in [3.05, 3.63) is 88.2 Å². The number of carbonyl (C=O) groups is 1. The van der Waals surface area contributed by atoms with Crippen molar-refractivity contribution < 1.29 is 9.53 Å². The first-order chi connectivity index (χ1) is 12.1. The van der Waals surface area contributed by atoms with Crippen molar-refractivity contribution in [1.82, 2.24) is 9.78 Å². The van der Waals surface area contributed by atoms with Crippen molar-refractivity contribution in [3.63, 3.8) is 0 Å². The minimum absolute atomic E-state index is 0.0953. The largest absolute Gasteiger partial charge is 0.488 e. The summed E-state index contributed by atoms with van der Waals surface area (Å²) in [4.78, 5) is 12.2. The highest BCUT2D eigenvalue weighted by Gasteiger charge is 2.06. The number of hydrogen-bond acceptors (Lipinski definition) is 3. The fourth-order valence-corrected chi connectivity index (χ4v) is 2.71. The molecule has 0 radical (unpaired) electrons. The lowest BCUT2D eigenvalue weighted by Gasteiger charge is -2.10. The van der Waals surface area contributed by atoms with Gasteiger partial charge in [0.2, 0.25) is 0 Å². The van der Waals surface area contributed by atoms with E-state index in [-0.39, 0.29) is 5.78 Å². The van der Waals surface area contributed by atoms with Crippen LogP contribution in [0.15, 0.2) is 71.5 Å². The zero-order valence-corrected chi connectivity index (χ0v) is 15.3. The van der Waals surface area contributed by atoms with E-state index in [0.29, 0.717) is 12.2 Å². The van der Waals surface area contributed by atoms with E-state index >= 15 is 0 Å². The van der Waals surface area contributed by atoms with Gasteiger partial charge in [0.05, 0.1) is 11.8 Å². The van der Waals surface area contributed by atoms with Gasteiger partial charge in [-0.3, -0.25) is 9.48 Å². The first kappa shape index (κ1) is 17.2. The number of hydrogen-bond donors (Lipinski definition) is 0. The fraction of sp³-hybridized carbons (Fsp3) is 0.100. The second kappa shape index (κ2) is 7.94. The molecule has 0 saturated carbocycles. The van der Waals surface area contributed by atoms with E-state index in [1.165, 1.54) is 6.08 Å². The summed E-state index contributed by atoms with van der Waals surface area (Å²) in [6.07, 6.45) is 6.55. The van der Waals surface area contributed by atoms with E-state index in [0.717, 1.165) is 21.3 Å². The van der Waals surface area contributed by atoms with Crippen LogP contribution in [0.25, 0.3) is 6.08 Å². The number of allylic oxidation sites excluding steroid dienone is 1. The molecule has 2 aromatic carbocycles. The molecule has 1 aromatic heterocycles. The van der Waals surface area contributed by atoms with Crippen LogP contribution in [-0.4, -0.2) is 15.6 Å². The Morgan fingerprint density at radius 2 is 2.04 bits per heavy atom. The molecular formula is C20H17BrN2O2. The van der Waals surface area contributed by atoms with Gasteiger partial charge >= 0.3 is 0 Å². The normalized spacial score (nSPS) is 11.0. The van der Waals surface area contributed by atoms with Crippen LogP contribution in [0.4, 0.5) is 0 Å². The lowest BCUT2D eigenvalue weighted by atomic mass is 10.1. The fourth-order valence-electron chi connectivity index (χ4n) is 2.33. The van der Waals surface area contributed by atoms with Crippen molar-refractivity contribution in [2.24, 2.45) is 7.05 Å². The molecular weight excluding hydrogens is 380 g/mol. The first-order valence-electron chi connectivity index (χ1n) is 7.79. The van der Waals surface area contributed by atoms with Crippen molar-refractivity contribution in [2.75, 3.05) is 0 Å². The summed E-state index contributed by atoms with van der Waals surface area (Å²) < 4.78 is 8.45. The Hall–Kier alpha value is -2.66. The summed E-state index contributed by atoms with van der Waals surface area (Å²) in [5, 5.41) is 4.02. The molecule has 0 saturated heterocycles. The Labute approximate surface area is 154 Å². The molecule has 0 aliphatic heterocycles. The third-order valence-electron chi connectivity index (χ3n) is 3.61. The van der Waals surface area contributed by atoms with Crippen LogP contribution in [0.3, 0.4) is 0 Å². The van der Waals surface area contributed by atoms with E-state index < -0.39 is 0 Å². The molecule has 0 aliphatic rings. The zero-order chi connectivity index (χ0) is 17.6. The molecule has 0 atom stereocenters. The number of ketones is 1. The number of benzene rings is 2. The number of nitrogens with zero attached hydrogens (tertiary/aromatic N) is 2. The molecule has 3 aromatic rings. The van der Waals surface area contributed by atoms with Crippen LogP contribution in [-0.2, 0) is 13.7 Å². The number of halogens is 1. The number of ether oxygens (including phenoxy) is 1. The minimum Gasteiger partial charge on any atom is -0.488 e. The smallest absolute Gasteiger partial charge is 0.189 e. The Kier molecular flexibility index (Phi) is 5.46. The molecule has 3 rings (SSSR count). The molecule has 0 bridgehead atoms. The lowest BCUT2D eigenvalue weighted by Crippen LogP contribution is -1.97. The Bertz CT molecular complexity index is 901. The molecule has 1 heterocycles. The van der Waals surface area contributed by atoms with Crippen LogP contribution in [0.5, 0.6) is 5.75 Å². The molecule has 5 heteroatoms. The highest BCUT2D eigenvalue weighted by atomic mass is 79.9. The predicted molar refractivity (Wildman–Crippen MR) is 101 cm³/mol. The minimum atomic E-state index is -0.0953. The lowest BCUT2D eigenvalue weighted by molar-refractivity contribution is 0.104. The average Bonchev–Trinajstić information content (AvgIpc) is 3.06. The van der Waals surface area contributed by atoms with E-state index in [1.54, 1.807) is 30.2 Å². The second-order valence-corrected chi connectivity index (χ2v) is 6.47. The van der Waals surface area contributed by atoms with Gasteiger partial charge in [0.15, 0.2) is 5.78 Å². The average molecular weight is 397 g/mol. The van der Waals surface area contributed by atoms with Gasteiger partial charge in [0.25, 0.3) is 0 Å². The van der Waals surface area contributed by atoms with E-state index in [9.17, 15) is 4.79 Å². The van der Waals surface area contributed by atoms with Gasteiger partial charge in [-0.05, 0) is 35.9 Å². The van der Waals surface area contributed by atoms with Gasteiger partial charge in [-0.2, -0.15) is 5.10 Å². The van der Waals surface area contributed by atoms with Gasteiger partial charge in [-0.25, -0.2) is 0 Å². The molecule has 0 fully saturated rings. The van der Waals surface area contributed by atoms with E-state index in [2.05, 4.69) is 21.0 Å². The molecule has 4 nitrogen and oxygen atoms in total. The summed E-state index contributed by atoms with van der Waals surface area (Å²) in [6.45, 7) is 0.472. The van der Waals surface area contributed by atoms with Crippen molar-refractivity contribution in [1.29, 1.82) is 0 Å². The standard InChI is InChI=1S/C20H17BrN2O2/c1-23-13-17(12-22-23)19(24)9-7-16-11-18(21)8-10-20(16)25-14-15-5-3-2-4-6-15/h2-13H,14H2,1H3/b9-7+. The molecule has 0 unspecified atom stereocenters. The van der Waals surface area contributed by atoms with Gasteiger partial charge in [0, 0.05) is 23.3 Å². The molecule has 0 amide bonds. The van der Waals surface area contributed by atoms with Gasteiger partial charge in [0.1, 0.15) is 12.4 Å². The maximum absolute atomic E-state index is 12.2. The molecule has 0 N–H and O–H groups in total. The van der Waals surface area contributed by atoms with E-state index in [1.807, 2.05) is 48.5 Å². The first-order valence-corrected chi connectivity index (χ1v) is 8.58. The van der Waals surface area contributed by atoms with Crippen LogP contribution < -0.4 is 4.74 Å². The van der Waals surface area contributed by atoms with Crippen LogP contribution in [0, 0.1) is 0 Å². The summed E-state index contributed by atoms with van der Waals surface area (Å²) in [5.41, 5.74) is 2.48. The van der Waals surface area contributed by atoms with Crippen molar-refractivity contribution in [2.45, 2.75) is 6.61 Å². The van der Waals surface area contributed by atoms with Crippen LogP contribution in [0.2, 0.25) is 0 Å². The maximum Gasteiger partial charge on any atom is 0.189 e. The zero-order valence-electron chi connectivity index (χ0n) is 13.7. The topological polar surface area (TPSA) is 44.1 Å². The number of rotatable bonds is 6. The second-order valence-electron chi connectivity index (χ2n) is 5.56. The molecule has 0 aliphatic carbocycles. The van der Waals surface area contributed by atoms with Crippen LogP contribution >= 0.6 is 15.9 Å². The Balaban J connectivity index is 1.77. The van der Waals surface area contributed by atoms with Gasteiger partial charge in [-0.1, -0.05) is 46.3 Å². The quantitative estimate of drug-likeness (QED) is 0.449. The molecule has 0 spiro atoms. The molecule has 126 valence electrons. The Morgan fingerprint density at radius 3 is 2.76 bits per heavy atom. The maximum atomic E-state index is 12.2.